The smallest absolute Gasteiger partial charge is 0.0914 e. The van der Waals surface area contributed by atoms with Crippen LogP contribution in [-0.2, 0) is 0 Å². The standard InChI is InChI=1S/C17H29NO/c1-5-6-7-14(4)18-12-17(19)16-10-8-15(9-11-16)13(2)3/h8-11,13-14,17-19H,5-7,12H2,1-4H3. The van der Waals surface area contributed by atoms with Crippen molar-refractivity contribution in [2.45, 2.75) is 65.0 Å². The summed E-state index contributed by atoms with van der Waals surface area (Å²) in [6.45, 7) is 9.39. The fourth-order valence-corrected chi connectivity index (χ4v) is 2.15. The van der Waals surface area contributed by atoms with Crippen LogP contribution in [0.3, 0.4) is 0 Å². The number of nitrogens with one attached hydrogen (secondary N) is 1. The predicted molar refractivity (Wildman–Crippen MR) is 82.5 cm³/mol. The molecule has 2 heteroatoms. The Bertz CT molecular complexity index is 345. The predicted octanol–water partition coefficient (Wildman–Crippen LogP) is 4.01. The molecule has 2 nitrogen and oxygen atoms in total. The molecule has 0 aliphatic heterocycles. The first kappa shape index (κ1) is 16.2. The second kappa shape index (κ2) is 8.34. The summed E-state index contributed by atoms with van der Waals surface area (Å²) in [5.41, 5.74) is 2.32. The van der Waals surface area contributed by atoms with Crippen LogP contribution in [0.4, 0.5) is 0 Å². The van der Waals surface area contributed by atoms with Gasteiger partial charge in [-0.15, -0.1) is 0 Å². The zero-order valence-corrected chi connectivity index (χ0v) is 12.8. The number of aliphatic hydroxyl groups is 1. The number of hydrogen-bond donors (Lipinski definition) is 2. The zero-order valence-electron chi connectivity index (χ0n) is 12.8. The molecule has 0 spiro atoms. The molecule has 19 heavy (non-hydrogen) atoms. The largest absolute Gasteiger partial charge is 0.387 e. The molecule has 0 saturated carbocycles. The highest BCUT2D eigenvalue weighted by Gasteiger charge is 2.09. The van der Waals surface area contributed by atoms with E-state index in [2.05, 4.69) is 45.1 Å². The highest BCUT2D eigenvalue weighted by atomic mass is 16.3. The van der Waals surface area contributed by atoms with Crippen molar-refractivity contribution in [1.82, 2.24) is 5.32 Å². The van der Waals surface area contributed by atoms with E-state index in [1.54, 1.807) is 0 Å². The SMILES string of the molecule is CCCCC(C)NCC(O)c1ccc(C(C)C)cc1. The van der Waals surface area contributed by atoms with E-state index in [0.717, 1.165) is 5.56 Å². The Morgan fingerprint density at radius 1 is 1.05 bits per heavy atom. The van der Waals surface area contributed by atoms with E-state index in [4.69, 9.17) is 0 Å². The second-order valence-corrected chi connectivity index (χ2v) is 5.79. The lowest BCUT2D eigenvalue weighted by molar-refractivity contribution is 0.170. The monoisotopic (exact) mass is 263 g/mol. The van der Waals surface area contributed by atoms with Gasteiger partial charge in [0, 0.05) is 12.6 Å². The van der Waals surface area contributed by atoms with Gasteiger partial charge >= 0.3 is 0 Å². The van der Waals surface area contributed by atoms with Crippen molar-refractivity contribution in [3.63, 3.8) is 0 Å². The maximum Gasteiger partial charge on any atom is 0.0914 e. The number of benzene rings is 1. The molecule has 1 rings (SSSR count). The lowest BCUT2D eigenvalue weighted by atomic mass is 10.00. The van der Waals surface area contributed by atoms with Crippen LogP contribution in [0.2, 0.25) is 0 Å². The van der Waals surface area contributed by atoms with Crippen molar-refractivity contribution >= 4 is 0 Å². The number of hydrogen-bond acceptors (Lipinski definition) is 2. The average Bonchev–Trinajstić information content (AvgIpc) is 2.42. The van der Waals surface area contributed by atoms with Gasteiger partial charge in [0.05, 0.1) is 6.10 Å². The van der Waals surface area contributed by atoms with Gasteiger partial charge in [0.15, 0.2) is 0 Å². The van der Waals surface area contributed by atoms with Crippen LogP contribution in [-0.4, -0.2) is 17.7 Å². The van der Waals surface area contributed by atoms with Crippen molar-refractivity contribution in [3.8, 4) is 0 Å². The van der Waals surface area contributed by atoms with E-state index >= 15 is 0 Å². The Labute approximate surface area is 118 Å². The lowest BCUT2D eigenvalue weighted by Gasteiger charge is -2.17. The fourth-order valence-electron chi connectivity index (χ4n) is 2.15. The molecule has 2 N–H and O–H groups in total. The fraction of sp³-hybridized carbons (Fsp3) is 0.647. The quantitative estimate of drug-likeness (QED) is 0.742. The second-order valence-electron chi connectivity index (χ2n) is 5.79. The van der Waals surface area contributed by atoms with E-state index in [-0.39, 0.29) is 0 Å². The average molecular weight is 263 g/mol. The molecular weight excluding hydrogens is 234 g/mol. The van der Waals surface area contributed by atoms with Gasteiger partial charge in [0.1, 0.15) is 0 Å². The van der Waals surface area contributed by atoms with Gasteiger partial charge in [0.2, 0.25) is 0 Å². The molecule has 0 saturated heterocycles. The molecule has 0 heterocycles. The minimum atomic E-state index is -0.412. The minimum Gasteiger partial charge on any atom is -0.387 e. The normalized spacial score (nSPS) is 14.6. The summed E-state index contributed by atoms with van der Waals surface area (Å²) in [5.74, 6) is 0.540. The van der Waals surface area contributed by atoms with Crippen LogP contribution >= 0.6 is 0 Å². The van der Waals surface area contributed by atoms with Gasteiger partial charge in [0.25, 0.3) is 0 Å². The number of rotatable bonds is 8. The summed E-state index contributed by atoms with van der Waals surface area (Å²) in [4.78, 5) is 0. The summed E-state index contributed by atoms with van der Waals surface area (Å²) in [6, 6.07) is 8.79. The molecule has 0 radical (unpaired) electrons. The molecule has 1 aromatic rings. The van der Waals surface area contributed by atoms with E-state index in [1.807, 2.05) is 12.1 Å². The molecule has 0 fully saturated rings. The van der Waals surface area contributed by atoms with Gasteiger partial charge in [-0.25, -0.2) is 0 Å². The first-order chi connectivity index (χ1) is 9.04. The van der Waals surface area contributed by atoms with E-state index in [1.165, 1.54) is 24.8 Å². The maximum absolute atomic E-state index is 10.2. The van der Waals surface area contributed by atoms with E-state index in [0.29, 0.717) is 18.5 Å². The number of unbranched alkanes of at least 4 members (excludes halogenated alkanes) is 1. The molecule has 1 aromatic carbocycles. The van der Waals surface area contributed by atoms with Crippen LogP contribution < -0.4 is 5.32 Å². The summed E-state index contributed by atoms with van der Waals surface area (Å²) in [6.07, 6.45) is 3.24. The Balaban J connectivity index is 2.42. The Hall–Kier alpha value is -0.860. The summed E-state index contributed by atoms with van der Waals surface area (Å²) >= 11 is 0. The van der Waals surface area contributed by atoms with Crippen molar-refractivity contribution in [1.29, 1.82) is 0 Å². The third-order valence-electron chi connectivity index (χ3n) is 3.64. The van der Waals surface area contributed by atoms with Crippen LogP contribution in [0.1, 0.15) is 70.1 Å². The van der Waals surface area contributed by atoms with Crippen LogP contribution in [0.15, 0.2) is 24.3 Å². The van der Waals surface area contributed by atoms with Crippen LogP contribution in [0, 0.1) is 0 Å². The highest BCUT2D eigenvalue weighted by molar-refractivity contribution is 5.26. The molecule has 108 valence electrons. The molecule has 0 aromatic heterocycles. The minimum absolute atomic E-state index is 0.412. The maximum atomic E-state index is 10.2. The molecule has 0 aliphatic rings. The molecule has 2 unspecified atom stereocenters. The number of aliphatic hydroxyl groups excluding tert-OH is 1. The van der Waals surface area contributed by atoms with Crippen molar-refractivity contribution < 1.29 is 5.11 Å². The van der Waals surface area contributed by atoms with Gasteiger partial charge in [-0.1, -0.05) is 57.9 Å². The lowest BCUT2D eigenvalue weighted by Crippen LogP contribution is -2.30. The Kier molecular flexibility index (Phi) is 7.11. The van der Waals surface area contributed by atoms with Gasteiger partial charge < -0.3 is 10.4 Å². The summed E-state index contributed by atoms with van der Waals surface area (Å²) < 4.78 is 0. The van der Waals surface area contributed by atoms with Crippen molar-refractivity contribution in [2.24, 2.45) is 0 Å². The third kappa shape index (κ3) is 5.75. The first-order valence-electron chi connectivity index (χ1n) is 7.55. The van der Waals surface area contributed by atoms with Crippen molar-refractivity contribution in [2.75, 3.05) is 6.54 Å². The third-order valence-corrected chi connectivity index (χ3v) is 3.64. The molecule has 0 bridgehead atoms. The topological polar surface area (TPSA) is 32.3 Å². The van der Waals surface area contributed by atoms with Gasteiger partial charge in [-0.2, -0.15) is 0 Å². The highest BCUT2D eigenvalue weighted by Crippen LogP contribution is 2.18. The van der Waals surface area contributed by atoms with Crippen molar-refractivity contribution in [3.05, 3.63) is 35.4 Å². The van der Waals surface area contributed by atoms with E-state index < -0.39 is 6.10 Å². The summed E-state index contributed by atoms with van der Waals surface area (Å²) in [5, 5.41) is 13.6. The zero-order chi connectivity index (χ0) is 14.3. The Morgan fingerprint density at radius 3 is 2.16 bits per heavy atom. The first-order valence-corrected chi connectivity index (χ1v) is 7.55. The Morgan fingerprint density at radius 2 is 1.63 bits per heavy atom. The van der Waals surface area contributed by atoms with Gasteiger partial charge in [-0.05, 0) is 30.4 Å². The molecule has 0 aliphatic carbocycles. The van der Waals surface area contributed by atoms with Gasteiger partial charge in [-0.3, -0.25) is 0 Å². The van der Waals surface area contributed by atoms with Crippen LogP contribution in [0.5, 0.6) is 0 Å². The van der Waals surface area contributed by atoms with Crippen LogP contribution in [0.25, 0.3) is 0 Å². The summed E-state index contributed by atoms with van der Waals surface area (Å²) in [7, 11) is 0. The molecule has 0 amide bonds. The van der Waals surface area contributed by atoms with E-state index in [9.17, 15) is 5.11 Å². The molecular formula is C17H29NO. The molecule has 2 atom stereocenters.